The van der Waals surface area contributed by atoms with Gasteiger partial charge in [-0.1, -0.05) is 33.8 Å². The van der Waals surface area contributed by atoms with Gasteiger partial charge in [-0.25, -0.2) is 0 Å². The monoisotopic (exact) mass is 340 g/mol. The van der Waals surface area contributed by atoms with E-state index in [2.05, 4.69) is 40.3 Å². The van der Waals surface area contributed by atoms with Crippen LogP contribution >= 0.6 is 27.7 Å². The van der Waals surface area contributed by atoms with Crippen LogP contribution in [0.25, 0.3) is 0 Å². The van der Waals surface area contributed by atoms with Crippen molar-refractivity contribution in [1.29, 1.82) is 0 Å². The highest BCUT2D eigenvalue weighted by Gasteiger charge is 2.37. The lowest BCUT2D eigenvalue weighted by Gasteiger charge is -2.29. The first-order valence-electron chi connectivity index (χ1n) is 6.51. The molecule has 5 heteroatoms. The topological polar surface area (TPSA) is 33.6 Å². The van der Waals surface area contributed by atoms with Crippen LogP contribution in [0.4, 0.5) is 5.69 Å². The van der Waals surface area contributed by atoms with E-state index in [-0.39, 0.29) is 5.54 Å². The van der Waals surface area contributed by atoms with Crippen molar-refractivity contribution in [2.75, 3.05) is 24.3 Å². The molecule has 102 valence electrons. The number of amidine groups is 1. The van der Waals surface area contributed by atoms with E-state index in [9.17, 15) is 0 Å². The summed E-state index contributed by atoms with van der Waals surface area (Å²) in [5, 5.41) is 4.51. The average Bonchev–Trinajstić information content (AvgIpc) is 2.79. The van der Waals surface area contributed by atoms with Crippen molar-refractivity contribution < 1.29 is 4.74 Å². The second-order valence-corrected chi connectivity index (χ2v) is 6.90. The molecule has 0 aromatic heterocycles. The van der Waals surface area contributed by atoms with E-state index in [1.165, 1.54) is 5.56 Å². The van der Waals surface area contributed by atoms with E-state index in [4.69, 9.17) is 9.73 Å². The fraction of sp³-hybridized carbons (Fsp3) is 0.500. The summed E-state index contributed by atoms with van der Waals surface area (Å²) >= 11 is 5.39. The van der Waals surface area contributed by atoms with Crippen molar-refractivity contribution in [3.8, 4) is 0 Å². The molecule has 2 aliphatic heterocycles. The molecule has 0 unspecified atom stereocenters. The number of nitrogens with zero attached hydrogens (tertiary/aromatic N) is 1. The Morgan fingerprint density at radius 3 is 2.95 bits per heavy atom. The number of nitrogens with one attached hydrogen (secondary N) is 1. The summed E-state index contributed by atoms with van der Waals surface area (Å²) in [6.07, 6.45) is 2.09. The van der Waals surface area contributed by atoms with Gasteiger partial charge in [0.1, 0.15) is 0 Å². The Bertz CT molecular complexity index is 512. The molecule has 1 aromatic carbocycles. The molecule has 0 amide bonds. The van der Waals surface area contributed by atoms with Gasteiger partial charge in [0.25, 0.3) is 0 Å². The molecule has 0 radical (unpaired) electrons. The van der Waals surface area contributed by atoms with Crippen molar-refractivity contribution in [1.82, 2.24) is 0 Å². The van der Waals surface area contributed by atoms with Crippen LogP contribution in [0, 0.1) is 6.92 Å². The average molecular weight is 341 g/mol. The van der Waals surface area contributed by atoms with Crippen LogP contribution in [0.5, 0.6) is 0 Å². The molecule has 1 spiro atoms. The molecule has 2 heterocycles. The normalized spacial score (nSPS) is 21.5. The Kier molecular flexibility index (Phi) is 3.87. The van der Waals surface area contributed by atoms with Gasteiger partial charge in [-0.3, -0.25) is 4.99 Å². The summed E-state index contributed by atoms with van der Waals surface area (Å²) in [5.41, 5.74) is 2.47. The number of halogens is 1. The van der Waals surface area contributed by atoms with Crippen LogP contribution in [-0.4, -0.2) is 29.7 Å². The Hall–Kier alpha value is -0.520. The predicted molar refractivity (Wildman–Crippen MR) is 85.2 cm³/mol. The minimum Gasteiger partial charge on any atom is -0.381 e. The van der Waals surface area contributed by atoms with Gasteiger partial charge in [0.05, 0.1) is 5.54 Å². The SMILES string of the molecule is Cc1c(Br)cccc1NC1=NC2(CCOCC2)CS1. The Balaban J connectivity index is 1.77. The van der Waals surface area contributed by atoms with Gasteiger partial charge in [0.2, 0.25) is 0 Å². The van der Waals surface area contributed by atoms with Crippen molar-refractivity contribution >= 4 is 38.5 Å². The van der Waals surface area contributed by atoms with Gasteiger partial charge in [0, 0.05) is 29.1 Å². The first kappa shape index (κ1) is 13.5. The molecule has 0 saturated carbocycles. The molecule has 3 nitrogen and oxygen atoms in total. The molecule has 1 fully saturated rings. The summed E-state index contributed by atoms with van der Waals surface area (Å²) in [6.45, 7) is 3.79. The maximum atomic E-state index is 5.44. The van der Waals surface area contributed by atoms with Gasteiger partial charge in [-0.2, -0.15) is 0 Å². The largest absolute Gasteiger partial charge is 0.381 e. The lowest BCUT2D eigenvalue weighted by Crippen LogP contribution is -2.34. The highest BCUT2D eigenvalue weighted by Crippen LogP contribution is 2.36. The number of anilines is 1. The maximum absolute atomic E-state index is 5.44. The minimum atomic E-state index is 0.116. The summed E-state index contributed by atoms with van der Waals surface area (Å²) in [4.78, 5) is 4.92. The van der Waals surface area contributed by atoms with E-state index in [0.717, 1.165) is 47.1 Å². The standard InChI is InChI=1S/C14H17BrN2OS/c1-10-11(15)3-2-4-12(10)16-13-17-14(9-19-13)5-7-18-8-6-14/h2-4H,5-9H2,1H3,(H,16,17). The molecule has 1 N–H and O–H groups in total. The predicted octanol–water partition coefficient (Wildman–Crippen LogP) is 3.82. The second-order valence-electron chi connectivity index (χ2n) is 5.08. The highest BCUT2D eigenvalue weighted by molar-refractivity contribution is 9.10. The molecule has 1 aromatic rings. The van der Waals surface area contributed by atoms with Crippen molar-refractivity contribution in [2.45, 2.75) is 25.3 Å². The van der Waals surface area contributed by atoms with E-state index in [1.807, 2.05) is 17.8 Å². The molecule has 3 rings (SSSR count). The van der Waals surface area contributed by atoms with Crippen molar-refractivity contribution in [2.24, 2.45) is 4.99 Å². The van der Waals surface area contributed by atoms with Crippen LogP contribution in [0.15, 0.2) is 27.7 Å². The quantitative estimate of drug-likeness (QED) is 0.843. The van der Waals surface area contributed by atoms with E-state index in [0.29, 0.717) is 0 Å². The zero-order valence-electron chi connectivity index (χ0n) is 10.9. The van der Waals surface area contributed by atoms with Crippen LogP contribution < -0.4 is 5.32 Å². The molecular formula is C14H17BrN2OS. The Morgan fingerprint density at radius 2 is 2.16 bits per heavy atom. The van der Waals surface area contributed by atoms with Crippen LogP contribution in [0.1, 0.15) is 18.4 Å². The lowest BCUT2D eigenvalue weighted by atomic mass is 9.93. The number of thioether (sulfide) groups is 1. The zero-order chi connectivity index (χ0) is 13.3. The lowest BCUT2D eigenvalue weighted by molar-refractivity contribution is 0.0624. The number of rotatable bonds is 1. The third-order valence-electron chi connectivity index (χ3n) is 3.75. The smallest absolute Gasteiger partial charge is 0.161 e. The molecule has 2 aliphatic rings. The molecule has 0 atom stereocenters. The molecule has 0 bridgehead atoms. The summed E-state index contributed by atoms with van der Waals surface area (Å²) in [6, 6.07) is 6.20. The number of ether oxygens (including phenoxy) is 1. The minimum absolute atomic E-state index is 0.116. The van der Waals surface area contributed by atoms with Gasteiger partial charge in [-0.05, 0) is 37.5 Å². The highest BCUT2D eigenvalue weighted by atomic mass is 79.9. The van der Waals surface area contributed by atoms with Gasteiger partial charge >= 0.3 is 0 Å². The van der Waals surface area contributed by atoms with E-state index >= 15 is 0 Å². The molecule has 1 saturated heterocycles. The van der Waals surface area contributed by atoms with E-state index in [1.54, 1.807) is 0 Å². The van der Waals surface area contributed by atoms with Crippen LogP contribution in [0.3, 0.4) is 0 Å². The maximum Gasteiger partial charge on any atom is 0.161 e. The van der Waals surface area contributed by atoms with Gasteiger partial charge < -0.3 is 10.1 Å². The van der Waals surface area contributed by atoms with Gasteiger partial charge in [-0.15, -0.1) is 0 Å². The Morgan fingerprint density at radius 1 is 1.37 bits per heavy atom. The zero-order valence-corrected chi connectivity index (χ0v) is 13.3. The molecule has 0 aliphatic carbocycles. The molecule has 19 heavy (non-hydrogen) atoms. The summed E-state index contributed by atoms with van der Waals surface area (Å²) in [7, 11) is 0. The van der Waals surface area contributed by atoms with Crippen molar-refractivity contribution in [3.05, 3.63) is 28.2 Å². The summed E-state index contributed by atoms with van der Waals surface area (Å²) in [5.74, 6) is 1.08. The van der Waals surface area contributed by atoms with Crippen LogP contribution in [-0.2, 0) is 4.74 Å². The Labute approximate surface area is 126 Å². The fourth-order valence-electron chi connectivity index (χ4n) is 2.41. The number of hydrogen-bond acceptors (Lipinski definition) is 4. The first-order chi connectivity index (χ1) is 9.19. The molecular weight excluding hydrogens is 324 g/mol. The third kappa shape index (κ3) is 2.83. The second kappa shape index (κ2) is 5.46. The number of hydrogen-bond donors (Lipinski definition) is 1. The first-order valence-corrected chi connectivity index (χ1v) is 8.29. The fourth-order valence-corrected chi connectivity index (χ4v) is 3.98. The number of aliphatic imine (C=N–C) groups is 1. The van der Waals surface area contributed by atoms with Gasteiger partial charge in [0.15, 0.2) is 5.17 Å². The van der Waals surface area contributed by atoms with Crippen LogP contribution in [0.2, 0.25) is 0 Å². The summed E-state index contributed by atoms with van der Waals surface area (Å²) < 4.78 is 6.57. The third-order valence-corrected chi connectivity index (χ3v) is 5.76. The van der Waals surface area contributed by atoms with E-state index < -0.39 is 0 Å². The van der Waals surface area contributed by atoms with Crippen molar-refractivity contribution in [3.63, 3.8) is 0 Å². The number of benzene rings is 1.